The highest BCUT2D eigenvalue weighted by molar-refractivity contribution is 5.89. The third-order valence-electron chi connectivity index (χ3n) is 5.70. The highest BCUT2D eigenvalue weighted by Crippen LogP contribution is 2.46. The molecule has 0 saturated carbocycles. The van der Waals surface area contributed by atoms with Crippen LogP contribution in [0.5, 0.6) is 5.75 Å². The zero-order valence-electron chi connectivity index (χ0n) is 17.1. The predicted octanol–water partition coefficient (Wildman–Crippen LogP) is 4.79. The molecular weight excluding hydrogens is 406 g/mol. The number of halogens is 2. The monoisotopic (exact) mass is 426 g/mol. The summed E-state index contributed by atoms with van der Waals surface area (Å²) >= 11 is 0. The summed E-state index contributed by atoms with van der Waals surface area (Å²) in [6.07, 6.45) is 3.80. The molecule has 4 heterocycles. The average Bonchev–Trinajstić information content (AvgIpc) is 3.33. The maximum absolute atomic E-state index is 12.9. The number of hydrogen-bond acceptors (Lipinski definition) is 5. The fourth-order valence-corrected chi connectivity index (χ4v) is 4.23. The van der Waals surface area contributed by atoms with E-state index in [1.807, 2.05) is 4.57 Å². The number of nitrogens with one attached hydrogen (secondary N) is 1. The maximum atomic E-state index is 12.9. The summed E-state index contributed by atoms with van der Waals surface area (Å²) < 4.78 is 37.9. The Hall–Kier alpha value is -3.49. The molecular formula is C22H20F2N4O3. The molecule has 0 bridgehead atoms. The zero-order valence-corrected chi connectivity index (χ0v) is 17.1. The Morgan fingerprint density at radius 1 is 1.29 bits per heavy atom. The number of alkyl halides is 2. The number of aromatic nitrogens is 4. The third-order valence-corrected chi connectivity index (χ3v) is 5.70. The number of fused-ring (bicyclic) bond motifs is 5. The molecule has 160 valence electrons. The van der Waals surface area contributed by atoms with Crippen molar-refractivity contribution >= 4 is 11.0 Å². The van der Waals surface area contributed by atoms with Gasteiger partial charge in [0.2, 0.25) is 0 Å². The number of hydrogen-bond donors (Lipinski definition) is 1. The van der Waals surface area contributed by atoms with Crippen LogP contribution in [-0.2, 0) is 6.42 Å². The van der Waals surface area contributed by atoms with Crippen LogP contribution in [0.15, 0.2) is 46.0 Å². The summed E-state index contributed by atoms with van der Waals surface area (Å²) in [5.74, 6) is 0.988. The molecule has 5 rings (SSSR count). The number of ether oxygens (including phenoxy) is 1. The van der Waals surface area contributed by atoms with Crippen molar-refractivity contribution in [2.75, 3.05) is 0 Å². The van der Waals surface area contributed by atoms with Gasteiger partial charge in [-0.15, -0.1) is 0 Å². The second-order valence-corrected chi connectivity index (χ2v) is 8.71. The van der Waals surface area contributed by atoms with Crippen molar-refractivity contribution in [3.8, 4) is 28.6 Å². The van der Waals surface area contributed by atoms with Gasteiger partial charge in [0.15, 0.2) is 17.0 Å². The van der Waals surface area contributed by atoms with Crippen LogP contribution >= 0.6 is 0 Å². The topological polar surface area (TPSA) is 85.9 Å². The summed E-state index contributed by atoms with van der Waals surface area (Å²) in [5, 5.41) is 7.41. The number of aromatic amines is 1. The summed E-state index contributed by atoms with van der Waals surface area (Å²) in [5.41, 5.74) is 2.10. The summed E-state index contributed by atoms with van der Waals surface area (Å²) in [6, 6.07) is 6.25. The number of rotatable bonds is 3. The van der Waals surface area contributed by atoms with E-state index in [4.69, 9.17) is 4.42 Å². The van der Waals surface area contributed by atoms with Gasteiger partial charge in [0, 0.05) is 35.3 Å². The van der Waals surface area contributed by atoms with Crippen molar-refractivity contribution < 1.29 is 17.9 Å². The van der Waals surface area contributed by atoms with E-state index in [9.17, 15) is 13.6 Å². The molecule has 0 unspecified atom stereocenters. The molecule has 1 N–H and O–H groups in total. The van der Waals surface area contributed by atoms with E-state index in [-0.39, 0.29) is 22.6 Å². The largest absolute Gasteiger partial charge is 0.454 e. The lowest BCUT2D eigenvalue weighted by Crippen LogP contribution is -2.31. The molecule has 0 fully saturated rings. The minimum Gasteiger partial charge on any atom is -0.454 e. The van der Waals surface area contributed by atoms with Crippen molar-refractivity contribution in [3.63, 3.8) is 0 Å². The molecule has 1 atom stereocenters. The van der Waals surface area contributed by atoms with Gasteiger partial charge in [-0.2, -0.15) is 13.9 Å². The molecule has 0 saturated heterocycles. The molecule has 0 radical (unpaired) electrons. The number of furan rings is 1. The van der Waals surface area contributed by atoms with E-state index < -0.39 is 6.61 Å². The van der Waals surface area contributed by atoms with Crippen LogP contribution in [0.1, 0.15) is 32.4 Å². The van der Waals surface area contributed by atoms with E-state index in [2.05, 4.69) is 40.7 Å². The first kappa shape index (κ1) is 19.5. The number of benzene rings is 1. The fourth-order valence-electron chi connectivity index (χ4n) is 4.23. The van der Waals surface area contributed by atoms with Gasteiger partial charge in [-0.3, -0.25) is 9.89 Å². The molecule has 1 aliphatic heterocycles. The Morgan fingerprint density at radius 3 is 2.77 bits per heavy atom. The van der Waals surface area contributed by atoms with E-state index in [0.29, 0.717) is 34.8 Å². The lowest BCUT2D eigenvalue weighted by molar-refractivity contribution is -0.0497. The van der Waals surface area contributed by atoms with Crippen molar-refractivity contribution in [1.29, 1.82) is 0 Å². The van der Waals surface area contributed by atoms with Gasteiger partial charge in [-0.25, -0.2) is 4.98 Å². The molecule has 3 aromatic heterocycles. The minimum atomic E-state index is -2.92. The first-order valence-corrected chi connectivity index (χ1v) is 9.85. The van der Waals surface area contributed by atoms with E-state index in [1.165, 1.54) is 24.5 Å². The van der Waals surface area contributed by atoms with Crippen LogP contribution in [0, 0.1) is 5.41 Å². The van der Waals surface area contributed by atoms with E-state index >= 15 is 0 Å². The SMILES string of the molecule is CC(C)(C)[C@@H]1Cc2c(oc3cc(OC(F)F)ccc23)-c2cc(=O)c(-c3ncn[nH]3)cn21. The molecule has 1 aliphatic rings. The van der Waals surface area contributed by atoms with E-state index in [0.717, 1.165) is 10.9 Å². The van der Waals surface area contributed by atoms with Crippen molar-refractivity contribution in [2.45, 2.75) is 39.8 Å². The lowest BCUT2D eigenvalue weighted by atomic mass is 9.80. The molecule has 4 aromatic rings. The van der Waals surface area contributed by atoms with Crippen LogP contribution in [-0.4, -0.2) is 26.4 Å². The Labute approximate surface area is 175 Å². The van der Waals surface area contributed by atoms with Crippen LogP contribution in [0.3, 0.4) is 0 Å². The standard InChI is InChI=1S/C22H20F2N4O3/c1-22(2,3)18-7-13-12-5-4-11(30-21(23)24)6-17(12)31-19(13)15-8-16(29)14(9-28(15)18)20-25-10-26-27-20/h4-6,8-10,18,21H,7H2,1-3H3,(H,25,26,27)/t18-/m0/s1. The van der Waals surface area contributed by atoms with Gasteiger partial charge in [0.25, 0.3) is 0 Å². The normalized spacial score (nSPS) is 15.9. The molecule has 0 amide bonds. The van der Waals surface area contributed by atoms with Crippen LogP contribution in [0.25, 0.3) is 33.8 Å². The predicted molar refractivity (Wildman–Crippen MR) is 110 cm³/mol. The van der Waals surface area contributed by atoms with Crippen LogP contribution in [0.2, 0.25) is 0 Å². The summed E-state index contributed by atoms with van der Waals surface area (Å²) in [7, 11) is 0. The smallest absolute Gasteiger partial charge is 0.387 e. The molecule has 31 heavy (non-hydrogen) atoms. The Bertz CT molecular complexity index is 1330. The summed E-state index contributed by atoms with van der Waals surface area (Å²) in [4.78, 5) is 17.0. The third kappa shape index (κ3) is 3.20. The molecule has 0 spiro atoms. The first-order valence-electron chi connectivity index (χ1n) is 9.85. The highest BCUT2D eigenvalue weighted by Gasteiger charge is 2.36. The van der Waals surface area contributed by atoms with Crippen molar-refractivity contribution in [3.05, 3.63) is 52.6 Å². The van der Waals surface area contributed by atoms with E-state index in [1.54, 1.807) is 12.3 Å². The second-order valence-electron chi connectivity index (χ2n) is 8.71. The van der Waals surface area contributed by atoms with Gasteiger partial charge in [0.05, 0.1) is 11.3 Å². The maximum Gasteiger partial charge on any atom is 0.387 e. The van der Waals surface area contributed by atoms with Gasteiger partial charge in [0.1, 0.15) is 17.7 Å². The zero-order chi connectivity index (χ0) is 21.9. The Kier molecular flexibility index (Phi) is 4.25. The van der Waals surface area contributed by atoms with Gasteiger partial charge >= 0.3 is 6.61 Å². The van der Waals surface area contributed by atoms with Crippen LogP contribution < -0.4 is 10.2 Å². The Balaban J connectivity index is 1.74. The van der Waals surface area contributed by atoms with Crippen molar-refractivity contribution in [1.82, 2.24) is 19.7 Å². The number of nitrogens with zero attached hydrogens (tertiary/aromatic N) is 3. The first-order chi connectivity index (χ1) is 14.7. The number of pyridine rings is 1. The van der Waals surface area contributed by atoms with Crippen molar-refractivity contribution in [2.24, 2.45) is 5.41 Å². The van der Waals surface area contributed by atoms with Gasteiger partial charge in [-0.1, -0.05) is 20.8 Å². The summed E-state index contributed by atoms with van der Waals surface area (Å²) in [6.45, 7) is 3.49. The van der Waals surface area contributed by atoms with Gasteiger partial charge < -0.3 is 13.7 Å². The van der Waals surface area contributed by atoms with Crippen LogP contribution in [0.4, 0.5) is 8.78 Å². The highest BCUT2D eigenvalue weighted by atomic mass is 19.3. The fraction of sp³-hybridized carbons (Fsp3) is 0.318. The minimum absolute atomic E-state index is 0.0232. The number of H-pyrrole nitrogens is 1. The van der Waals surface area contributed by atoms with Gasteiger partial charge in [-0.05, 0) is 24.0 Å². The molecule has 0 aliphatic carbocycles. The quantitative estimate of drug-likeness (QED) is 0.509. The molecule has 1 aromatic carbocycles. The average molecular weight is 426 g/mol. The Morgan fingerprint density at radius 2 is 2.10 bits per heavy atom. The second kappa shape index (κ2) is 6.76. The molecule has 7 nitrogen and oxygen atoms in total. The lowest BCUT2D eigenvalue weighted by Gasteiger charge is -2.37. The molecule has 9 heteroatoms.